The summed E-state index contributed by atoms with van der Waals surface area (Å²) in [5, 5.41) is 6.10. The largest absolute Gasteiger partial charge is 0.397 e. The molecule has 0 radical (unpaired) electrons. The fourth-order valence-electron chi connectivity index (χ4n) is 1.31. The Hall–Kier alpha value is -2.30. The van der Waals surface area contributed by atoms with Crippen LogP contribution in [0.4, 0.5) is 11.4 Å². The highest BCUT2D eigenvalue weighted by atomic mass is 16.5. The minimum absolute atomic E-state index is 0.153. The van der Waals surface area contributed by atoms with E-state index in [1.54, 1.807) is 12.1 Å². The minimum atomic E-state index is -0.368. The van der Waals surface area contributed by atoms with Gasteiger partial charge in [0.15, 0.2) is 0 Å². The Bertz CT molecular complexity index is 506. The molecule has 5 nitrogen and oxygen atoms in total. The van der Waals surface area contributed by atoms with Crippen LogP contribution in [0.2, 0.25) is 0 Å². The topological polar surface area (TPSA) is 81.2 Å². The van der Waals surface area contributed by atoms with Crippen molar-refractivity contribution in [3.05, 3.63) is 41.8 Å². The maximum Gasteiger partial charge on any atom is 0.294 e. The number of nitrogens with zero attached hydrogens (tertiary/aromatic N) is 1. The Morgan fingerprint density at radius 2 is 2.25 bits per heavy atom. The predicted molar refractivity (Wildman–Crippen MR) is 60.0 cm³/mol. The van der Waals surface area contributed by atoms with Crippen LogP contribution in [-0.4, -0.2) is 11.1 Å². The first-order valence-electron chi connectivity index (χ1n) is 4.75. The summed E-state index contributed by atoms with van der Waals surface area (Å²) in [6, 6.07) is 6.89. The number of nitrogens with one attached hydrogen (secondary N) is 1. The normalized spacial score (nSPS) is 10.1. The Morgan fingerprint density at radius 3 is 2.88 bits per heavy atom. The number of carbonyl (C=O) groups is 1. The molecular weight excluding hydrogens is 206 g/mol. The molecule has 0 fully saturated rings. The third-order valence-corrected chi connectivity index (χ3v) is 2.12. The molecule has 1 heterocycles. The van der Waals surface area contributed by atoms with Gasteiger partial charge in [0.05, 0.1) is 17.6 Å². The van der Waals surface area contributed by atoms with Gasteiger partial charge in [-0.15, -0.1) is 0 Å². The maximum absolute atomic E-state index is 11.6. The first-order valence-corrected chi connectivity index (χ1v) is 4.75. The van der Waals surface area contributed by atoms with Crippen molar-refractivity contribution in [3.8, 4) is 0 Å². The van der Waals surface area contributed by atoms with Gasteiger partial charge in [-0.25, -0.2) is 0 Å². The Labute approximate surface area is 92.2 Å². The zero-order valence-electron chi connectivity index (χ0n) is 8.73. The van der Waals surface area contributed by atoms with E-state index in [2.05, 4.69) is 10.5 Å². The van der Waals surface area contributed by atoms with Gasteiger partial charge in [0.25, 0.3) is 5.91 Å². The number of aromatic nitrogens is 1. The summed E-state index contributed by atoms with van der Waals surface area (Å²) in [6.07, 6.45) is 1.41. The Morgan fingerprint density at radius 1 is 1.44 bits per heavy atom. The molecule has 1 amide bonds. The van der Waals surface area contributed by atoms with Crippen LogP contribution in [0.1, 0.15) is 16.1 Å². The van der Waals surface area contributed by atoms with Crippen molar-refractivity contribution in [3.63, 3.8) is 0 Å². The highest BCUT2D eigenvalue weighted by molar-refractivity contribution is 6.03. The van der Waals surface area contributed by atoms with Crippen LogP contribution in [0.5, 0.6) is 0 Å². The molecule has 0 atom stereocenters. The quantitative estimate of drug-likeness (QED) is 0.752. The molecule has 0 bridgehead atoms. The minimum Gasteiger partial charge on any atom is -0.397 e. The lowest BCUT2D eigenvalue weighted by molar-refractivity contribution is 0.0988. The fraction of sp³-hybridized carbons (Fsp3) is 0.0909. The third kappa shape index (κ3) is 2.03. The van der Waals surface area contributed by atoms with Crippen molar-refractivity contribution in [1.82, 2.24) is 5.16 Å². The number of rotatable bonds is 2. The summed E-state index contributed by atoms with van der Waals surface area (Å²) in [7, 11) is 0. The third-order valence-electron chi connectivity index (χ3n) is 2.12. The van der Waals surface area contributed by atoms with E-state index < -0.39 is 0 Å². The number of carbonyl (C=O) groups excluding carboxylic acids is 1. The molecule has 2 aromatic rings. The molecule has 0 aliphatic heterocycles. The first kappa shape index (κ1) is 10.2. The second-order valence-corrected chi connectivity index (χ2v) is 3.42. The maximum atomic E-state index is 11.6. The van der Waals surface area contributed by atoms with Gasteiger partial charge in [-0.2, -0.15) is 0 Å². The highest BCUT2D eigenvalue weighted by Crippen LogP contribution is 2.20. The van der Waals surface area contributed by atoms with Crippen LogP contribution in [0.3, 0.4) is 0 Å². The molecule has 0 saturated carbocycles. The number of nitrogens with two attached hydrogens (primary N) is 1. The molecule has 0 spiro atoms. The average Bonchev–Trinajstić information content (AvgIpc) is 2.75. The van der Waals surface area contributed by atoms with Gasteiger partial charge >= 0.3 is 0 Å². The number of nitrogen functional groups attached to an aromatic ring is 1. The van der Waals surface area contributed by atoms with Crippen LogP contribution in [0.25, 0.3) is 0 Å². The van der Waals surface area contributed by atoms with Crippen LogP contribution in [0, 0.1) is 6.92 Å². The summed E-state index contributed by atoms with van der Waals surface area (Å²) < 4.78 is 4.73. The summed E-state index contributed by atoms with van der Waals surface area (Å²) in [4.78, 5) is 11.6. The molecule has 2 rings (SSSR count). The van der Waals surface area contributed by atoms with Gasteiger partial charge in [-0.3, -0.25) is 4.79 Å². The molecule has 82 valence electrons. The van der Waals surface area contributed by atoms with E-state index in [9.17, 15) is 4.79 Å². The van der Waals surface area contributed by atoms with Gasteiger partial charge in [-0.05, 0) is 24.6 Å². The summed E-state index contributed by atoms with van der Waals surface area (Å²) in [5.41, 5.74) is 7.88. The van der Waals surface area contributed by atoms with Crippen molar-refractivity contribution in [1.29, 1.82) is 0 Å². The molecule has 3 N–H and O–H groups in total. The van der Waals surface area contributed by atoms with E-state index in [-0.39, 0.29) is 11.7 Å². The van der Waals surface area contributed by atoms with E-state index in [0.29, 0.717) is 11.4 Å². The number of amides is 1. The van der Waals surface area contributed by atoms with Crippen LogP contribution < -0.4 is 11.1 Å². The van der Waals surface area contributed by atoms with E-state index in [0.717, 1.165) is 5.56 Å². The number of hydrogen-bond acceptors (Lipinski definition) is 4. The highest BCUT2D eigenvalue weighted by Gasteiger charge is 2.11. The van der Waals surface area contributed by atoms with Crippen molar-refractivity contribution in [2.75, 3.05) is 11.1 Å². The predicted octanol–water partition coefficient (Wildman–Crippen LogP) is 1.82. The van der Waals surface area contributed by atoms with Crippen LogP contribution in [-0.2, 0) is 0 Å². The lowest BCUT2D eigenvalue weighted by atomic mass is 10.2. The number of anilines is 2. The SMILES string of the molecule is Cc1ccc(NC(=O)c2ccno2)c(N)c1. The molecule has 1 aromatic carbocycles. The molecule has 1 aromatic heterocycles. The molecule has 16 heavy (non-hydrogen) atoms. The van der Waals surface area contributed by atoms with Gasteiger partial charge in [0, 0.05) is 6.07 Å². The number of benzene rings is 1. The van der Waals surface area contributed by atoms with E-state index >= 15 is 0 Å². The van der Waals surface area contributed by atoms with Crippen LogP contribution >= 0.6 is 0 Å². The molecule has 0 aliphatic carbocycles. The van der Waals surface area contributed by atoms with Crippen molar-refractivity contribution < 1.29 is 9.32 Å². The molecular formula is C11H11N3O2. The van der Waals surface area contributed by atoms with Crippen molar-refractivity contribution in [2.24, 2.45) is 0 Å². The fourth-order valence-corrected chi connectivity index (χ4v) is 1.31. The lowest BCUT2D eigenvalue weighted by Gasteiger charge is -2.06. The van der Waals surface area contributed by atoms with Gasteiger partial charge in [-0.1, -0.05) is 11.2 Å². The Balaban J connectivity index is 2.18. The molecule has 0 aliphatic rings. The Kier molecular flexibility index (Phi) is 2.59. The van der Waals surface area contributed by atoms with E-state index in [1.807, 2.05) is 13.0 Å². The van der Waals surface area contributed by atoms with E-state index in [4.69, 9.17) is 10.3 Å². The number of hydrogen-bond donors (Lipinski definition) is 2. The molecule has 0 saturated heterocycles. The van der Waals surface area contributed by atoms with E-state index in [1.165, 1.54) is 12.3 Å². The van der Waals surface area contributed by atoms with Crippen LogP contribution in [0.15, 0.2) is 35.0 Å². The van der Waals surface area contributed by atoms with Gasteiger partial charge < -0.3 is 15.6 Å². The van der Waals surface area contributed by atoms with Gasteiger partial charge in [0.1, 0.15) is 0 Å². The zero-order chi connectivity index (χ0) is 11.5. The summed E-state index contributed by atoms with van der Waals surface area (Å²) >= 11 is 0. The summed E-state index contributed by atoms with van der Waals surface area (Å²) in [5.74, 6) is -0.215. The standard InChI is InChI=1S/C11H11N3O2/c1-7-2-3-9(8(12)6-7)14-11(15)10-4-5-13-16-10/h2-6H,12H2,1H3,(H,14,15). The zero-order valence-corrected chi connectivity index (χ0v) is 8.73. The molecule has 5 heteroatoms. The number of aryl methyl sites for hydroxylation is 1. The lowest BCUT2D eigenvalue weighted by Crippen LogP contribution is -2.12. The average molecular weight is 217 g/mol. The van der Waals surface area contributed by atoms with Crippen molar-refractivity contribution in [2.45, 2.75) is 6.92 Å². The van der Waals surface area contributed by atoms with Crippen molar-refractivity contribution >= 4 is 17.3 Å². The van der Waals surface area contributed by atoms with Gasteiger partial charge in [0.2, 0.25) is 5.76 Å². The second-order valence-electron chi connectivity index (χ2n) is 3.42. The second kappa shape index (κ2) is 4.06. The summed E-state index contributed by atoms with van der Waals surface area (Å²) in [6.45, 7) is 1.93. The molecule has 0 unspecified atom stereocenters. The smallest absolute Gasteiger partial charge is 0.294 e. The first-order chi connectivity index (χ1) is 7.66. The monoisotopic (exact) mass is 217 g/mol.